The van der Waals surface area contributed by atoms with Crippen LogP contribution in [0.3, 0.4) is 0 Å². The van der Waals surface area contributed by atoms with Gasteiger partial charge in [-0.15, -0.1) is 0 Å². The van der Waals surface area contributed by atoms with E-state index in [1.54, 1.807) is 0 Å². The van der Waals surface area contributed by atoms with Crippen molar-refractivity contribution < 1.29 is 13.7 Å². The summed E-state index contributed by atoms with van der Waals surface area (Å²) >= 11 is 3.10. The molecule has 1 aromatic rings. The van der Waals surface area contributed by atoms with Crippen molar-refractivity contribution in [2.45, 2.75) is 4.90 Å². The van der Waals surface area contributed by atoms with E-state index in [1.807, 2.05) is 0 Å². The number of nitro groups is 1. The first-order chi connectivity index (χ1) is 6.02. The smallest absolute Gasteiger partial charge is 0.287 e. The van der Waals surface area contributed by atoms with Crippen molar-refractivity contribution in [2.24, 2.45) is 0 Å². The lowest BCUT2D eigenvalue weighted by Crippen LogP contribution is -1.96. The van der Waals surface area contributed by atoms with Crippen LogP contribution >= 0.6 is 11.6 Å². The van der Waals surface area contributed by atoms with E-state index in [9.17, 15) is 14.3 Å². The summed E-state index contributed by atoms with van der Waals surface area (Å²) in [5.74, 6) is 0. The molecular weight excluding hydrogens is 218 g/mol. The van der Waals surface area contributed by atoms with Crippen molar-refractivity contribution in [3.05, 3.63) is 33.3 Å². The predicted molar refractivity (Wildman–Crippen MR) is 47.1 cm³/mol. The van der Waals surface area contributed by atoms with Crippen LogP contribution in [-0.4, -0.2) is 13.7 Å². The summed E-state index contributed by atoms with van der Waals surface area (Å²) in [5.41, 5.74) is -0.412. The number of benzene rings is 1. The molecule has 13 heavy (non-hydrogen) atoms. The summed E-state index contributed by atoms with van der Waals surface area (Å²) in [6.07, 6.45) is 0. The van der Waals surface area contributed by atoms with Gasteiger partial charge in [-0.2, -0.15) is 0 Å². The van der Waals surface area contributed by atoms with E-state index in [-0.39, 0.29) is 9.92 Å². The minimum Gasteiger partial charge on any atom is -0.302 e. The molecule has 1 N–H and O–H groups in total. The van der Waals surface area contributed by atoms with Gasteiger partial charge in [0.1, 0.15) is 4.90 Å². The third-order valence-corrected chi connectivity index (χ3v) is 2.25. The maximum absolute atomic E-state index is 10.6. The first kappa shape index (κ1) is 10.1. The molecule has 7 heteroatoms. The Bertz CT molecular complexity index is 381. The first-order valence-electron chi connectivity index (χ1n) is 3.07. The highest BCUT2D eigenvalue weighted by Crippen LogP contribution is 2.24. The number of hydrogen-bond donors (Lipinski definition) is 1. The number of nitrogens with zero attached hydrogens (tertiary/aromatic N) is 1. The molecule has 70 valence electrons. The number of rotatable bonds is 2. The lowest BCUT2D eigenvalue weighted by molar-refractivity contribution is -0.387. The maximum Gasteiger partial charge on any atom is 0.287 e. The Labute approximate surface area is 80.8 Å². The fourth-order valence-corrected chi connectivity index (χ4v) is 1.56. The maximum atomic E-state index is 10.6. The van der Waals surface area contributed by atoms with Gasteiger partial charge in [0, 0.05) is 11.1 Å². The molecule has 0 bridgehead atoms. The molecule has 0 aliphatic carbocycles. The highest BCUT2D eigenvalue weighted by molar-refractivity contribution is 7.79. The molecule has 0 amide bonds. The van der Waals surface area contributed by atoms with E-state index in [2.05, 4.69) is 0 Å². The Morgan fingerprint density at radius 1 is 1.54 bits per heavy atom. The van der Waals surface area contributed by atoms with Crippen molar-refractivity contribution in [1.82, 2.24) is 0 Å². The molecule has 0 aromatic heterocycles. The molecule has 0 aliphatic rings. The third-order valence-electron chi connectivity index (χ3n) is 1.31. The van der Waals surface area contributed by atoms with Gasteiger partial charge in [-0.05, 0) is 12.1 Å². The van der Waals surface area contributed by atoms with Gasteiger partial charge in [-0.25, -0.2) is 4.21 Å². The highest BCUT2D eigenvalue weighted by atomic mass is 35.5. The second kappa shape index (κ2) is 3.82. The Kier molecular flexibility index (Phi) is 2.97. The summed E-state index contributed by atoms with van der Waals surface area (Å²) < 4.78 is 19.3. The van der Waals surface area contributed by atoms with Gasteiger partial charge in [0.2, 0.25) is 0 Å². The molecular formula is C6H4ClNO4S. The molecule has 1 aromatic carbocycles. The first-order valence-corrected chi connectivity index (χ1v) is 4.55. The van der Waals surface area contributed by atoms with Crippen LogP contribution in [0.1, 0.15) is 0 Å². The van der Waals surface area contributed by atoms with Crippen molar-refractivity contribution in [2.75, 3.05) is 0 Å². The summed E-state index contributed by atoms with van der Waals surface area (Å²) in [7, 11) is 0. The second-order valence-corrected chi connectivity index (χ2v) is 3.49. The summed E-state index contributed by atoms with van der Waals surface area (Å²) in [5, 5.41) is 10.5. The Morgan fingerprint density at radius 2 is 2.15 bits per heavy atom. The van der Waals surface area contributed by atoms with Crippen molar-refractivity contribution in [1.29, 1.82) is 0 Å². The summed E-state index contributed by atoms with van der Waals surface area (Å²) in [4.78, 5) is 9.32. The topological polar surface area (TPSA) is 80.4 Å². The van der Waals surface area contributed by atoms with Crippen LogP contribution in [0.25, 0.3) is 0 Å². The fourth-order valence-electron chi connectivity index (χ4n) is 0.779. The van der Waals surface area contributed by atoms with E-state index in [1.165, 1.54) is 6.07 Å². The molecule has 0 spiro atoms. The zero-order chi connectivity index (χ0) is 10.0. The average Bonchev–Trinajstić information content (AvgIpc) is 2.03. The van der Waals surface area contributed by atoms with Crippen LogP contribution in [0.15, 0.2) is 23.1 Å². The Morgan fingerprint density at radius 3 is 2.62 bits per heavy atom. The summed E-state index contributed by atoms with van der Waals surface area (Å²) in [6, 6.07) is 3.47. The second-order valence-electron chi connectivity index (χ2n) is 2.12. The van der Waals surface area contributed by atoms with Crippen molar-refractivity contribution in [3.8, 4) is 0 Å². The normalized spacial score (nSPS) is 12.5. The van der Waals surface area contributed by atoms with Crippen molar-refractivity contribution >= 4 is 28.4 Å². The minimum atomic E-state index is -2.40. The molecule has 1 rings (SSSR count). The average molecular weight is 222 g/mol. The molecule has 0 radical (unpaired) electrons. The van der Waals surface area contributed by atoms with E-state index in [4.69, 9.17) is 16.2 Å². The highest BCUT2D eigenvalue weighted by Gasteiger charge is 2.17. The number of halogens is 1. The molecule has 1 unspecified atom stereocenters. The molecule has 0 fully saturated rings. The zero-order valence-electron chi connectivity index (χ0n) is 6.14. The van der Waals surface area contributed by atoms with Crippen LogP contribution in [0.5, 0.6) is 0 Å². The molecule has 0 aliphatic heterocycles. The van der Waals surface area contributed by atoms with E-state index < -0.39 is 21.7 Å². The fraction of sp³-hybridized carbons (Fsp3) is 0. The van der Waals surface area contributed by atoms with E-state index in [0.29, 0.717) is 0 Å². The zero-order valence-corrected chi connectivity index (χ0v) is 7.71. The van der Waals surface area contributed by atoms with Gasteiger partial charge >= 0.3 is 0 Å². The predicted octanol–water partition coefficient (Wildman–Crippen LogP) is 1.83. The van der Waals surface area contributed by atoms with Crippen molar-refractivity contribution in [3.63, 3.8) is 0 Å². The van der Waals surface area contributed by atoms with Crippen LogP contribution in [0.2, 0.25) is 5.02 Å². The standard InChI is InChI=1S/C6H4ClNO4S/c7-4-1-2-5(8(9)10)6(3-4)13(11)12/h1-3H,(H,11,12). The van der Waals surface area contributed by atoms with E-state index in [0.717, 1.165) is 12.1 Å². The van der Waals surface area contributed by atoms with Gasteiger partial charge < -0.3 is 4.55 Å². The van der Waals surface area contributed by atoms with Crippen LogP contribution in [0.4, 0.5) is 5.69 Å². The largest absolute Gasteiger partial charge is 0.302 e. The Balaban J connectivity index is 3.35. The molecule has 0 saturated heterocycles. The summed E-state index contributed by atoms with van der Waals surface area (Å²) in [6.45, 7) is 0. The third kappa shape index (κ3) is 2.24. The number of hydrogen-bond acceptors (Lipinski definition) is 3. The van der Waals surface area contributed by atoms with Crippen LogP contribution in [-0.2, 0) is 11.1 Å². The van der Waals surface area contributed by atoms with Crippen LogP contribution < -0.4 is 0 Å². The molecule has 0 heterocycles. The molecule has 5 nitrogen and oxygen atoms in total. The van der Waals surface area contributed by atoms with Gasteiger partial charge in [0.05, 0.1) is 4.92 Å². The van der Waals surface area contributed by atoms with Gasteiger partial charge in [-0.3, -0.25) is 10.1 Å². The monoisotopic (exact) mass is 221 g/mol. The SMILES string of the molecule is O=[N+]([O-])c1ccc(Cl)cc1S(=O)O. The number of nitro benzene ring substituents is 1. The van der Waals surface area contributed by atoms with Crippen LogP contribution in [0, 0.1) is 10.1 Å². The minimum absolute atomic E-state index is 0.183. The van der Waals surface area contributed by atoms with Gasteiger partial charge in [0.15, 0.2) is 11.1 Å². The lowest BCUT2D eigenvalue weighted by Gasteiger charge is -1.97. The molecule has 1 atom stereocenters. The Hall–Kier alpha value is -0.980. The lowest BCUT2D eigenvalue weighted by atomic mass is 10.3. The quantitative estimate of drug-likeness (QED) is 0.469. The van der Waals surface area contributed by atoms with Gasteiger partial charge in [-0.1, -0.05) is 11.6 Å². The molecule has 0 saturated carbocycles. The van der Waals surface area contributed by atoms with Gasteiger partial charge in [0.25, 0.3) is 5.69 Å². The van der Waals surface area contributed by atoms with E-state index >= 15 is 0 Å².